The Morgan fingerprint density at radius 2 is 1.75 bits per heavy atom. The third-order valence-corrected chi connectivity index (χ3v) is 4.79. The molecule has 2 aromatic rings. The summed E-state index contributed by atoms with van der Waals surface area (Å²) in [5, 5.41) is 0. The maximum absolute atomic E-state index is 12.2. The Hall–Kier alpha value is -1.65. The van der Waals surface area contributed by atoms with E-state index in [0.29, 0.717) is 17.9 Å². The fourth-order valence-electron chi connectivity index (χ4n) is 2.13. The van der Waals surface area contributed by atoms with Crippen molar-refractivity contribution >= 4 is 10.0 Å². The molecular weight excluding hydrogens is 270 g/mol. The van der Waals surface area contributed by atoms with Crippen molar-refractivity contribution in [3.8, 4) is 0 Å². The second-order valence-electron chi connectivity index (χ2n) is 4.90. The zero-order valence-electron chi connectivity index (χ0n) is 11.8. The normalized spacial score (nSPS) is 11.5. The highest BCUT2D eigenvalue weighted by atomic mass is 32.2. The van der Waals surface area contributed by atoms with Crippen molar-refractivity contribution in [3.05, 3.63) is 65.2 Å². The molecule has 1 N–H and O–H groups in total. The molecule has 0 aromatic heterocycles. The summed E-state index contributed by atoms with van der Waals surface area (Å²) >= 11 is 0. The summed E-state index contributed by atoms with van der Waals surface area (Å²) in [6.45, 7) is 4.23. The van der Waals surface area contributed by atoms with Gasteiger partial charge in [-0.1, -0.05) is 48.0 Å². The van der Waals surface area contributed by atoms with Gasteiger partial charge >= 0.3 is 0 Å². The Balaban J connectivity index is 2.02. The molecule has 0 bridgehead atoms. The predicted octanol–water partition coefficient (Wildman–Crippen LogP) is 2.82. The fraction of sp³-hybridized carbons (Fsp3) is 0.250. The molecule has 2 rings (SSSR count). The Labute approximate surface area is 120 Å². The van der Waals surface area contributed by atoms with E-state index < -0.39 is 10.0 Å². The zero-order chi connectivity index (χ0) is 14.6. The number of sulfonamides is 1. The Morgan fingerprint density at radius 1 is 1.00 bits per heavy atom. The van der Waals surface area contributed by atoms with Crippen LogP contribution in [-0.2, 0) is 16.4 Å². The average Bonchev–Trinajstić information content (AvgIpc) is 2.39. The second kappa shape index (κ2) is 6.20. The highest BCUT2D eigenvalue weighted by Crippen LogP contribution is 2.13. The van der Waals surface area contributed by atoms with Crippen LogP contribution in [-0.4, -0.2) is 15.0 Å². The summed E-state index contributed by atoms with van der Waals surface area (Å²) in [4.78, 5) is 0.351. The van der Waals surface area contributed by atoms with Crippen molar-refractivity contribution in [3.63, 3.8) is 0 Å². The van der Waals surface area contributed by atoms with E-state index >= 15 is 0 Å². The topological polar surface area (TPSA) is 46.2 Å². The molecule has 20 heavy (non-hydrogen) atoms. The molecule has 0 saturated heterocycles. The standard InChI is InChI=1S/C16H19NO2S/c1-13-6-5-8-15(12-13)10-11-17-20(18,19)16-9-4-3-7-14(16)2/h3-9,12,17H,10-11H2,1-2H3. The third-order valence-electron chi connectivity index (χ3n) is 3.17. The minimum absolute atomic E-state index is 0.351. The minimum atomic E-state index is -3.42. The van der Waals surface area contributed by atoms with Gasteiger partial charge in [0.1, 0.15) is 0 Å². The van der Waals surface area contributed by atoms with Crippen LogP contribution in [0.3, 0.4) is 0 Å². The van der Waals surface area contributed by atoms with Crippen molar-refractivity contribution in [2.75, 3.05) is 6.54 Å². The van der Waals surface area contributed by atoms with E-state index in [1.54, 1.807) is 25.1 Å². The van der Waals surface area contributed by atoms with Gasteiger partial charge in [-0.15, -0.1) is 0 Å². The van der Waals surface area contributed by atoms with Crippen molar-refractivity contribution < 1.29 is 8.42 Å². The molecular formula is C16H19NO2S. The number of nitrogens with one attached hydrogen (secondary N) is 1. The number of hydrogen-bond donors (Lipinski definition) is 1. The van der Waals surface area contributed by atoms with Crippen LogP contribution < -0.4 is 4.72 Å². The van der Waals surface area contributed by atoms with Crippen LogP contribution >= 0.6 is 0 Å². The molecule has 0 aliphatic carbocycles. The zero-order valence-corrected chi connectivity index (χ0v) is 12.6. The minimum Gasteiger partial charge on any atom is -0.211 e. The van der Waals surface area contributed by atoms with E-state index in [1.165, 1.54) is 5.56 Å². The molecule has 0 radical (unpaired) electrons. The molecule has 0 unspecified atom stereocenters. The molecule has 0 amide bonds. The molecule has 2 aromatic carbocycles. The predicted molar refractivity (Wildman–Crippen MR) is 81.3 cm³/mol. The van der Waals surface area contributed by atoms with Gasteiger partial charge in [0, 0.05) is 6.54 Å². The van der Waals surface area contributed by atoms with Crippen LogP contribution in [0.2, 0.25) is 0 Å². The monoisotopic (exact) mass is 289 g/mol. The average molecular weight is 289 g/mol. The number of benzene rings is 2. The number of rotatable bonds is 5. The van der Waals surface area contributed by atoms with Crippen molar-refractivity contribution in [1.29, 1.82) is 0 Å². The quantitative estimate of drug-likeness (QED) is 0.920. The molecule has 4 heteroatoms. The third kappa shape index (κ3) is 3.68. The summed E-state index contributed by atoms with van der Waals surface area (Å²) in [7, 11) is -3.42. The van der Waals surface area contributed by atoms with Crippen LogP contribution in [0.1, 0.15) is 16.7 Å². The van der Waals surface area contributed by atoms with Crippen LogP contribution in [0.15, 0.2) is 53.4 Å². The Bertz CT molecular complexity index is 693. The number of hydrogen-bond acceptors (Lipinski definition) is 2. The Morgan fingerprint density at radius 3 is 2.45 bits per heavy atom. The van der Waals surface area contributed by atoms with Crippen LogP contribution in [0.5, 0.6) is 0 Å². The van der Waals surface area contributed by atoms with Gasteiger partial charge in [-0.05, 0) is 37.5 Å². The molecule has 0 atom stereocenters. The second-order valence-corrected chi connectivity index (χ2v) is 6.64. The van der Waals surface area contributed by atoms with E-state index in [9.17, 15) is 8.42 Å². The smallest absolute Gasteiger partial charge is 0.211 e. The largest absolute Gasteiger partial charge is 0.240 e. The highest BCUT2D eigenvalue weighted by molar-refractivity contribution is 7.89. The molecule has 0 spiro atoms. The first-order valence-corrected chi connectivity index (χ1v) is 8.08. The summed E-state index contributed by atoms with van der Waals surface area (Å²) in [5.74, 6) is 0. The molecule has 106 valence electrons. The van der Waals surface area contributed by atoms with Gasteiger partial charge in [-0.25, -0.2) is 13.1 Å². The first kappa shape index (κ1) is 14.8. The van der Waals surface area contributed by atoms with Crippen LogP contribution in [0, 0.1) is 13.8 Å². The lowest BCUT2D eigenvalue weighted by atomic mass is 10.1. The van der Waals surface area contributed by atoms with Gasteiger partial charge in [0.15, 0.2) is 0 Å². The van der Waals surface area contributed by atoms with Crippen LogP contribution in [0.25, 0.3) is 0 Å². The lowest BCUT2D eigenvalue weighted by molar-refractivity contribution is 0.581. The first-order valence-electron chi connectivity index (χ1n) is 6.60. The highest BCUT2D eigenvalue weighted by Gasteiger charge is 2.15. The SMILES string of the molecule is Cc1cccc(CCNS(=O)(=O)c2ccccc2C)c1. The molecule has 0 heterocycles. The van der Waals surface area contributed by atoms with Gasteiger partial charge < -0.3 is 0 Å². The molecule has 3 nitrogen and oxygen atoms in total. The first-order chi connectivity index (χ1) is 9.49. The summed E-state index contributed by atoms with van der Waals surface area (Å²) in [5.41, 5.74) is 3.08. The molecule has 0 aliphatic heterocycles. The fourth-order valence-corrected chi connectivity index (χ4v) is 3.41. The van der Waals surface area contributed by atoms with E-state index in [2.05, 4.69) is 10.8 Å². The molecule has 0 fully saturated rings. The lowest BCUT2D eigenvalue weighted by Crippen LogP contribution is -2.26. The lowest BCUT2D eigenvalue weighted by Gasteiger charge is -2.09. The van der Waals surface area contributed by atoms with E-state index in [-0.39, 0.29) is 0 Å². The van der Waals surface area contributed by atoms with E-state index in [4.69, 9.17) is 0 Å². The van der Waals surface area contributed by atoms with Crippen molar-refractivity contribution in [2.45, 2.75) is 25.2 Å². The van der Waals surface area contributed by atoms with Gasteiger partial charge in [-0.3, -0.25) is 0 Å². The Kier molecular flexibility index (Phi) is 4.57. The maximum Gasteiger partial charge on any atom is 0.240 e. The molecule has 0 saturated carbocycles. The summed E-state index contributed by atoms with van der Waals surface area (Å²) in [6, 6.07) is 15.1. The van der Waals surface area contributed by atoms with Gasteiger partial charge in [0.25, 0.3) is 0 Å². The van der Waals surface area contributed by atoms with Gasteiger partial charge in [0.2, 0.25) is 10.0 Å². The van der Waals surface area contributed by atoms with Gasteiger partial charge in [-0.2, -0.15) is 0 Å². The summed E-state index contributed by atoms with van der Waals surface area (Å²) < 4.78 is 27.1. The van der Waals surface area contributed by atoms with Crippen molar-refractivity contribution in [2.24, 2.45) is 0 Å². The van der Waals surface area contributed by atoms with Crippen LogP contribution in [0.4, 0.5) is 0 Å². The maximum atomic E-state index is 12.2. The van der Waals surface area contributed by atoms with Gasteiger partial charge in [0.05, 0.1) is 4.90 Å². The number of aryl methyl sites for hydroxylation is 2. The summed E-state index contributed by atoms with van der Waals surface area (Å²) in [6.07, 6.45) is 0.687. The van der Waals surface area contributed by atoms with E-state index in [0.717, 1.165) is 11.1 Å². The van der Waals surface area contributed by atoms with E-state index in [1.807, 2.05) is 31.2 Å². The van der Waals surface area contributed by atoms with Crippen molar-refractivity contribution in [1.82, 2.24) is 4.72 Å². The molecule has 0 aliphatic rings.